The van der Waals surface area contributed by atoms with E-state index >= 15 is 0 Å². The highest BCUT2D eigenvalue weighted by molar-refractivity contribution is 7.98. The minimum absolute atomic E-state index is 0.267. The molecular formula is C16H22OS. The molecule has 1 fully saturated rings. The number of rotatable bonds is 4. The minimum Gasteiger partial charge on any atom is -0.294 e. The molecule has 0 spiro atoms. The molecule has 0 bridgehead atoms. The predicted molar refractivity (Wildman–Crippen MR) is 78.3 cm³/mol. The fourth-order valence-corrected chi connectivity index (χ4v) is 3.42. The maximum Gasteiger partial charge on any atom is 0.166 e. The molecule has 0 saturated heterocycles. The molecule has 1 nitrogen and oxygen atoms in total. The molecule has 1 aliphatic carbocycles. The van der Waals surface area contributed by atoms with Gasteiger partial charge in [0.2, 0.25) is 0 Å². The van der Waals surface area contributed by atoms with Crippen LogP contribution in [0, 0.1) is 11.8 Å². The Kier molecular flexibility index (Phi) is 4.87. The summed E-state index contributed by atoms with van der Waals surface area (Å²) < 4.78 is 0. The van der Waals surface area contributed by atoms with E-state index in [4.69, 9.17) is 0 Å². The van der Waals surface area contributed by atoms with Gasteiger partial charge in [0.1, 0.15) is 0 Å². The summed E-state index contributed by atoms with van der Waals surface area (Å²) in [7, 11) is 0. The van der Waals surface area contributed by atoms with Gasteiger partial charge in [-0.2, -0.15) is 0 Å². The van der Waals surface area contributed by atoms with Crippen LogP contribution in [0.25, 0.3) is 0 Å². The van der Waals surface area contributed by atoms with E-state index in [2.05, 4.69) is 25.3 Å². The second-order valence-electron chi connectivity index (χ2n) is 5.15. The Morgan fingerprint density at radius 3 is 2.50 bits per heavy atom. The van der Waals surface area contributed by atoms with Crippen molar-refractivity contribution in [2.24, 2.45) is 11.8 Å². The molecule has 2 rings (SSSR count). The van der Waals surface area contributed by atoms with Gasteiger partial charge >= 0.3 is 0 Å². The maximum absolute atomic E-state index is 12.6. The number of hydrogen-bond donors (Lipinski definition) is 0. The summed E-state index contributed by atoms with van der Waals surface area (Å²) >= 11 is 1.72. The molecule has 2 unspecified atom stereocenters. The fourth-order valence-electron chi connectivity index (χ4n) is 3.01. The first-order valence-electron chi connectivity index (χ1n) is 6.94. The van der Waals surface area contributed by atoms with E-state index in [1.807, 2.05) is 12.1 Å². The third-order valence-corrected chi connectivity index (χ3v) is 4.89. The molecule has 2 atom stereocenters. The van der Waals surface area contributed by atoms with E-state index in [9.17, 15) is 4.79 Å². The van der Waals surface area contributed by atoms with Crippen molar-refractivity contribution >= 4 is 17.5 Å². The minimum atomic E-state index is 0.267. The van der Waals surface area contributed by atoms with Crippen LogP contribution < -0.4 is 0 Å². The number of carbonyl (C=O) groups is 1. The third-order valence-electron chi connectivity index (χ3n) is 4.14. The van der Waals surface area contributed by atoms with Crippen LogP contribution in [-0.4, -0.2) is 12.0 Å². The van der Waals surface area contributed by atoms with Crippen molar-refractivity contribution in [2.75, 3.05) is 6.26 Å². The lowest BCUT2D eigenvalue weighted by molar-refractivity contribution is 0.0820. The number of ketones is 1. The van der Waals surface area contributed by atoms with Crippen LogP contribution in [0.4, 0.5) is 0 Å². The quantitative estimate of drug-likeness (QED) is 0.572. The number of benzene rings is 1. The van der Waals surface area contributed by atoms with Crippen LogP contribution in [-0.2, 0) is 0 Å². The van der Waals surface area contributed by atoms with E-state index in [1.54, 1.807) is 11.8 Å². The fraction of sp³-hybridized carbons (Fsp3) is 0.562. The highest BCUT2D eigenvalue weighted by atomic mass is 32.2. The summed E-state index contributed by atoms with van der Waals surface area (Å²) in [5.74, 6) is 1.24. The van der Waals surface area contributed by atoms with Crippen molar-refractivity contribution in [2.45, 2.75) is 43.9 Å². The number of hydrogen-bond acceptors (Lipinski definition) is 2. The molecule has 1 aromatic carbocycles. The highest BCUT2D eigenvalue weighted by Gasteiger charge is 2.29. The Morgan fingerprint density at radius 1 is 1.22 bits per heavy atom. The SMILES string of the molecule is CCC1CCCCC1C(=O)c1ccc(SC)cc1. The zero-order valence-electron chi connectivity index (χ0n) is 11.3. The largest absolute Gasteiger partial charge is 0.294 e. The number of carbonyl (C=O) groups excluding carboxylic acids is 1. The molecule has 1 aliphatic rings. The Balaban J connectivity index is 2.13. The average Bonchev–Trinajstić information content (AvgIpc) is 2.46. The van der Waals surface area contributed by atoms with E-state index in [1.165, 1.54) is 24.2 Å². The van der Waals surface area contributed by atoms with Gasteiger partial charge in [-0.05, 0) is 37.1 Å². The molecule has 0 aromatic heterocycles. The van der Waals surface area contributed by atoms with Crippen LogP contribution in [0.5, 0.6) is 0 Å². The van der Waals surface area contributed by atoms with Crippen LogP contribution in [0.1, 0.15) is 49.4 Å². The van der Waals surface area contributed by atoms with Crippen molar-refractivity contribution in [3.8, 4) is 0 Å². The van der Waals surface area contributed by atoms with Crippen LogP contribution >= 0.6 is 11.8 Å². The first kappa shape index (κ1) is 13.7. The van der Waals surface area contributed by atoms with Gasteiger partial charge in [0.25, 0.3) is 0 Å². The van der Waals surface area contributed by atoms with Gasteiger partial charge < -0.3 is 0 Å². The standard InChI is InChI=1S/C16H22OS/c1-3-12-6-4-5-7-15(12)16(17)13-8-10-14(18-2)11-9-13/h8-12,15H,3-7H2,1-2H3. The van der Waals surface area contributed by atoms with Crippen molar-refractivity contribution in [3.63, 3.8) is 0 Å². The van der Waals surface area contributed by atoms with E-state index in [0.717, 1.165) is 18.4 Å². The topological polar surface area (TPSA) is 17.1 Å². The van der Waals surface area contributed by atoms with Crippen molar-refractivity contribution < 1.29 is 4.79 Å². The molecule has 2 heteroatoms. The lowest BCUT2D eigenvalue weighted by atomic mass is 9.74. The Morgan fingerprint density at radius 2 is 1.89 bits per heavy atom. The van der Waals surface area contributed by atoms with Crippen molar-refractivity contribution in [1.82, 2.24) is 0 Å². The summed E-state index contributed by atoms with van der Waals surface area (Å²) in [6, 6.07) is 8.11. The average molecular weight is 262 g/mol. The summed E-state index contributed by atoms with van der Waals surface area (Å²) in [5, 5.41) is 0. The molecular weight excluding hydrogens is 240 g/mol. The van der Waals surface area contributed by atoms with Crippen LogP contribution in [0.15, 0.2) is 29.2 Å². The van der Waals surface area contributed by atoms with E-state index in [0.29, 0.717) is 11.7 Å². The Bertz CT molecular complexity index is 396. The second kappa shape index (κ2) is 6.42. The van der Waals surface area contributed by atoms with E-state index in [-0.39, 0.29) is 5.92 Å². The Hall–Kier alpha value is -0.760. The molecule has 1 saturated carbocycles. The third kappa shape index (κ3) is 2.97. The molecule has 98 valence electrons. The first-order chi connectivity index (χ1) is 8.76. The summed E-state index contributed by atoms with van der Waals surface area (Å²) in [6.45, 7) is 2.22. The zero-order valence-corrected chi connectivity index (χ0v) is 12.1. The van der Waals surface area contributed by atoms with Crippen LogP contribution in [0.2, 0.25) is 0 Å². The summed E-state index contributed by atoms with van der Waals surface area (Å²) in [5.41, 5.74) is 0.901. The molecule has 18 heavy (non-hydrogen) atoms. The van der Waals surface area contributed by atoms with Gasteiger partial charge in [0.15, 0.2) is 5.78 Å². The Labute approximate surface area is 114 Å². The van der Waals surface area contributed by atoms with Gasteiger partial charge in [-0.3, -0.25) is 4.79 Å². The lowest BCUT2D eigenvalue weighted by Crippen LogP contribution is -2.26. The molecule has 0 amide bonds. The monoisotopic (exact) mass is 262 g/mol. The summed E-state index contributed by atoms with van der Waals surface area (Å²) in [6.07, 6.45) is 8.03. The summed E-state index contributed by atoms with van der Waals surface area (Å²) in [4.78, 5) is 13.8. The zero-order chi connectivity index (χ0) is 13.0. The second-order valence-corrected chi connectivity index (χ2v) is 6.03. The molecule has 0 N–H and O–H groups in total. The smallest absolute Gasteiger partial charge is 0.166 e. The van der Waals surface area contributed by atoms with E-state index < -0.39 is 0 Å². The lowest BCUT2D eigenvalue weighted by Gasteiger charge is -2.29. The number of Topliss-reactive ketones (excluding diaryl/α,β-unsaturated/α-hetero) is 1. The van der Waals surface area contributed by atoms with Crippen molar-refractivity contribution in [3.05, 3.63) is 29.8 Å². The molecule has 1 aromatic rings. The van der Waals surface area contributed by atoms with Gasteiger partial charge in [-0.15, -0.1) is 11.8 Å². The highest BCUT2D eigenvalue weighted by Crippen LogP contribution is 2.34. The predicted octanol–water partition coefficient (Wildman–Crippen LogP) is 4.81. The maximum atomic E-state index is 12.6. The first-order valence-corrected chi connectivity index (χ1v) is 8.17. The molecule has 0 heterocycles. The normalized spacial score (nSPS) is 23.9. The van der Waals surface area contributed by atoms with Gasteiger partial charge in [0.05, 0.1) is 0 Å². The van der Waals surface area contributed by atoms with Gasteiger partial charge in [0, 0.05) is 16.4 Å². The van der Waals surface area contributed by atoms with Crippen molar-refractivity contribution in [1.29, 1.82) is 0 Å². The molecule has 0 aliphatic heterocycles. The number of thioether (sulfide) groups is 1. The van der Waals surface area contributed by atoms with Gasteiger partial charge in [-0.1, -0.05) is 38.3 Å². The molecule has 0 radical (unpaired) electrons. The van der Waals surface area contributed by atoms with Crippen LogP contribution in [0.3, 0.4) is 0 Å². The van der Waals surface area contributed by atoms with Gasteiger partial charge in [-0.25, -0.2) is 0 Å².